The van der Waals surface area contributed by atoms with Crippen LogP contribution < -0.4 is 0 Å². The first-order valence-corrected chi connectivity index (χ1v) is 12.4. The van der Waals surface area contributed by atoms with Crippen LogP contribution in [-0.2, 0) is 0 Å². The van der Waals surface area contributed by atoms with Crippen LogP contribution in [0.2, 0.25) is 0 Å². The van der Waals surface area contributed by atoms with Gasteiger partial charge in [0.15, 0.2) is 0 Å². The Morgan fingerprint density at radius 2 is 1.79 bits per heavy atom. The molecular formula is C31H39NO2. The molecule has 0 amide bonds. The van der Waals surface area contributed by atoms with E-state index in [0.717, 1.165) is 41.8 Å². The Kier molecular flexibility index (Phi) is 9.50. The lowest BCUT2D eigenvalue weighted by Crippen LogP contribution is -2.27. The van der Waals surface area contributed by atoms with E-state index >= 15 is 0 Å². The zero-order valence-electron chi connectivity index (χ0n) is 20.9. The van der Waals surface area contributed by atoms with Crippen LogP contribution in [0, 0.1) is 0 Å². The highest BCUT2D eigenvalue weighted by Crippen LogP contribution is 2.36. The summed E-state index contributed by atoms with van der Waals surface area (Å²) in [4.78, 5) is 2.55. The molecule has 3 nitrogen and oxygen atoms in total. The molecule has 1 atom stereocenters. The van der Waals surface area contributed by atoms with Crippen molar-refractivity contribution in [1.29, 1.82) is 0 Å². The fraction of sp³-hybridized carbons (Fsp3) is 0.355. The summed E-state index contributed by atoms with van der Waals surface area (Å²) in [7, 11) is 0. The van der Waals surface area contributed by atoms with Crippen LogP contribution in [0.5, 0.6) is 0 Å². The Bertz CT molecular complexity index is 1020. The summed E-state index contributed by atoms with van der Waals surface area (Å²) < 4.78 is 0. The van der Waals surface area contributed by atoms with Crippen LogP contribution in [0.4, 0.5) is 0 Å². The molecule has 0 saturated carbocycles. The molecule has 0 radical (unpaired) electrons. The lowest BCUT2D eigenvalue weighted by atomic mass is 9.86. The van der Waals surface area contributed by atoms with Crippen molar-refractivity contribution in [3.8, 4) is 0 Å². The van der Waals surface area contributed by atoms with Gasteiger partial charge in [-0.25, -0.2) is 0 Å². The highest BCUT2D eigenvalue weighted by atomic mass is 16.3. The third kappa shape index (κ3) is 6.82. The second-order valence-electron chi connectivity index (χ2n) is 9.44. The van der Waals surface area contributed by atoms with Gasteiger partial charge in [0.25, 0.3) is 0 Å². The average Bonchev–Trinajstić information content (AvgIpc) is 3.33. The Hall–Kier alpha value is -2.88. The Morgan fingerprint density at radius 3 is 2.38 bits per heavy atom. The van der Waals surface area contributed by atoms with Crippen LogP contribution in [-0.4, -0.2) is 40.9 Å². The van der Waals surface area contributed by atoms with Crippen molar-refractivity contribution in [2.75, 3.05) is 19.7 Å². The van der Waals surface area contributed by atoms with Crippen molar-refractivity contribution in [1.82, 2.24) is 4.90 Å². The molecule has 0 aromatic heterocycles. The molecule has 0 spiro atoms. The molecule has 3 rings (SSSR count). The number of aliphatic hydroxyl groups is 2. The second kappa shape index (κ2) is 12.5. The molecule has 0 bridgehead atoms. The topological polar surface area (TPSA) is 43.7 Å². The van der Waals surface area contributed by atoms with E-state index in [1.165, 1.54) is 17.6 Å². The molecule has 1 unspecified atom stereocenters. The minimum atomic E-state index is 0.144. The fourth-order valence-corrected chi connectivity index (χ4v) is 4.70. The monoisotopic (exact) mass is 457 g/mol. The van der Waals surface area contributed by atoms with Gasteiger partial charge in [0, 0.05) is 19.2 Å². The van der Waals surface area contributed by atoms with E-state index in [1.54, 1.807) is 13.0 Å². The van der Waals surface area contributed by atoms with Gasteiger partial charge in [-0.1, -0.05) is 73.3 Å². The van der Waals surface area contributed by atoms with Crippen LogP contribution in [0.25, 0.3) is 11.1 Å². The molecule has 1 heterocycles. The Morgan fingerprint density at radius 1 is 1.09 bits per heavy atom. The summed E-state index contributed by atoms with van der Waals surface area (Å²) in [6, 6.07) is 19.9. The molecular weight excluding hydrogens is 418 g/mol. The normalized spacial score (nSPS) is 18.0. The average molecular weight is 458 g/mol. The van der Waals surface area contributed by atoms with Gasteiger partial charge >= 0.3 is 0 Å². The standard InChI is InChI=1S/C31H39NO2/c1-23(2)32-20-19-29(22-32)26-15-17-28(18-16-26)31(24(3)10-8-11-25(4)34)30(14-9-21-33)27-12-6-5-7-13-27/h5-8,10-13,15-18,23,29,33-34H,3,9,14,19-22H2,1-2,4H3/b10-8-,25-11+,31-30-. The molecule has 1 fully saturated rings. The first kappa shape index (κ1) is 25.7. The van der Waals surface area contributed by atoms with E-state index in [-0.39, 0.29) is 12.4 Å². The summed E-state index contributed by atoms with van der Waals surface area (Å²) in [5, 5.41) is 19.1. The molecule has 3 heteroatoms. The number of likely N-dealkylation sites (tertiary alicyclic amines) is 1. The van der Waals surface area contributed by atoms with Crippen molar-refractivity contribution < 1.29 is 10.2 Å². The second-order valence-corrected chi connectivity index (χ2v) is 9.44. The van der Waals surface area contributed by atoms with E-state index in [0.29, 0.717) is 18.4 Å². The van der Waals surface area contributed by atoms with Crippen molar-refractivity contribution >= 4 is 11.1 Å². The zero-order chi connectivity index (χ0) is 24.5. The lowest BCUT2D eigenvalue weighted by molar-refractivity contribution is 0.272. The Balaban J connectivity index is 2.02. The third-order valence-electron chi connectivity index (χ3n) is 6.59. The molecule has 1 aliphatic rings. The smallest absolute Gasteiger partial charge is 0.0891 e. The van der Waals surface area contributed by atoms with Gasteiger partial charge in [-0.3, -0.25) is 0 Å². The third-order valence-corrected chi connectivity index (χ3v) is 6.59. The SMILES string of the molecule is C=C(/C=C\C=C(/C)O)/C(=C(\CCCO)c1ccccc1)c1ccc(C2CCN(C(C)C)C2)cc1. The first-order chi connectivity index (χ1) is 16.4. The quantitative estimate of drug-likeness (QED) is 0.226. The Labute approximate surface area is 205 Å². The van der Waals surface area contributed by atoms with E-state index in [4.69, 9.17) is 0 Å². The number of benzene rings is 2. The minimum absolute atomic E-state index is 0.144. The minimum Gasteiger partial charge on any atom is -0.513 e. The lowest BCUT2D eigenvalue weighted by Gasteiger charge is -2.21. The van der Waals surface area contributed by atoms with Crippen molar-refractivity contribution in [2.45, 2.75) is 52.0 Å². The molecule has 180 valence electrons. The van der Waals surface area contributed by atoms with E-state index in [2.05, 4.69) is 61.7 Å². The summed E-state index contributed by atoms with van der Waals surface area (Å²) >= 11 is 0. The van der Waals surface area contributed by atoms with Gasteiger partial charge in [-0.15, -0.1) is 0 Å². The van der Waals surface area contributed by atoms with E-state index < -0.39 is 0 Å². The van der Waals surface area contributed by atoms with Crippen molar-refractivity contribution in [2.24, 2.45) is 0 Å². The highest BCUT2D eigenvalue weighted by Gasteiger charge is 2.25. The highest BCUT2D eigenvalue weighted by molar-refractivity contribution is 5.99. The van der Waals surface area contributed by atoms with Crippen LogP contribution in [0.3, 0.4) is 0 Å². The number of rotatable bonds is 10. The van der Waals surface area contributed by atoms with Gasteiger partial charge in [0.1, 0.15) is 0 Å². The van der Waals surface area contributed by atoms with Crippen LogP contribution >= 0.6 is 0 Å². The predicted octanol–water partition coefficient (Wildman–Crippen LogP) is 7.14. The van der Waals surface area contributed by atoms with Crippen LogP contribution in [0.1, 0.15) is 62.6 Å². The van der Waals surface area contributed by atoms with Crippen LogP contribution in [0.15, 0.2) is 90.7 Å². The van der Waals surface area contributed by atoms with Gasteiger partial charge in [0.2, 0.25) is 0 Å². The maximum Gasteiger partial charge on any atom is 0.0891 e. The summed E-state index contributed by atoms with van der Waals surface area (Å²) in [5.41, 5.74) is 6.80. The molecule has 1 saturated heterocycles. The van der Waals surface area contributed by atoms with Gasteiger partial charge < -0.3 is 15.1 Å². The summed E-state index contributed by atoms with van der Waals surface area (Å²) in [6.45, 7) is 13.0. The fourth-order valence-electron chi connectivity index (χ4n) is 4.70. The maximum absolute atomic E-state index is 9.58. The van der Waals surface area contributed by atoms with Crippen molar-refractivity contribution in [3.05, 3.63) is 107 Å². The molecule has 2 N–H and O–H groups in total. The number of hydrogen-bond donors (Lipinski definition) is 2. The summed E-state index contributed by atoms with van der Waals surface area (Å²) in [6.07, 6.45) is 8.09. The zero-order valence-corrected chi connectivity index (χ0v) is 20.9. The molecule has 2 aromatic rings. The predicted molar refractivity (Wildman–Crippen MR) is 145 cm³/mol. The molecule has 34 heavy (non-hydrogen) atoms. The summed E-state index contributed by atoms with van der Waals surface area (Å²) in [5.74, 6) is 0.835. The number of allylic oxidation sites excluding steroid dienone is 7. The molecule has 2 aromatic carbocycles. The maximum atomic E-state index is 9.58. The van der Waals surface area contributed by atoms with Gasteiger partial charge in [0.05, 0.1) is 5.76 Å². The van der Waals surface area contributed by atoms with Gasteiger partial charge in [-0.05, 0) is 92.0 Å². The first-order valence-electron chi connectivity index (χ1n) is 12.4. The van der Waals surface area contributed by atoms with E-state index in [1.807, 2.05) is 30.4 Å². The number of nitrogens with zero attached hydrogens (tertiary/aromatic N) is 1. The number of hydrogen-bond acceptors (Lipinski definition) is 3. The largest absolute Gasteiger partial charge is 0.513 e. The van der Waals surface area contributed by atoms with E-state index in [9.17, 15) is 10.2 Å². The van der Waals surface area contributed by atoms with Crippen molar-refractivity contribution in [3.63, 3.8) is 0 Å². The number of aliphatic hydroxyl groups excluding tert-OH is 2. The molecule has 0 aliphatic carbocycles. The molecule has 1 aliphatic heterocycles. The van der Waals surface area contributed by atoms with Gasteiger partial charge in [-0.2, -0.15) is 0 Å².